The predicted octanol–water partition coefficient (Wildman–Crippen LogP) is 3.17. The van der Waals surface area contributed by atoms with Crippen LogP contribution >= 0.6 is 0 Å². The van der Waals surface area contributed by atoms with Gasteiger partial charge in [-0.15, -0.1) is 0 Å². The Balaban J connectivity index is 1.54. The van der Waals surface area contributed by atoms with Gasteiger partial charge in [0.05, 0.1) is 17.9 Å². The van der Waals surface area contributed by atoms with Crippen LogP contribution in [0.1, 0.15) is 44.0 Å². The fraction of sp³-hybridized carbons (Fsp3) is 0.706. The zero-order valence-electron chi connectivity index (χ0n) is 12.8. The molecule has 0 saturated carbocycles. The number of likely N-dealkylation sites (tertiary alicyclic amines) is 1. The molecular weight excluding hydrogens is 248 g/mol. The minimum Gasteiger partial charge on any atom is -0.375 e. The Hall–Kier alpha value is -0.930. The number of ether oxygens (including phenoxy) is 1. The Bertz CT molecular complexity index is 452. The maximum absolute atomic E-state index is 6.16. The van der Waals surface area contributed by atoms with Gasteiger partial charge < -0.3 is 4.74 Å². The first-order valence-electron chi connectivity index (χ1n) is 7.98. The van der Waals surface area contributed by atoms with Gasteiger partial charge >= 0.3 is 0 Å². The lowest BCUT2D eigenvalue weighted by Gasteiger charge is -2.38. The normalized spacial score (nSPS) is 26.2. The number of pyridine rings is 1. The molecule has 20 heavy (non-hydrogen) atoms. The van der Waals surface area contributed by atoms with Crippen LogP contribution in [0.5, 0.6) is 0 Å². The van der Waals surface area contributed by atoms with Gasteiger partial charge in [0, 0.05) is 25.3 Å². The summed E-state index contributed by atoms with van der Waals surface area (Å²) in [5.74, 6) is 0.792. The van der Waals surface area contributed by atoms with E-state index < -0.39 is 0 Å². The van der Waals surface area contributed by atoms with E-state index in [4.69, 9.17) is 4.74 Å². The van der Waals surface area contributed by atoms with Crippen molar-refractivity contribution in [1.82, 2.24) is 9.88 Å². The van der Waals surface area contributed by atoms with E-state index in [1.54, 1.807) is 0 Å². The lowest BCUT2D eigenvalue weighted by molar-refractivity contribution is -0.0452. The highest BCUT2D eigenvalue weighted by Crippen LogP contribution is 2.39. The summed E-state index contributed by atoms with van der Waals surface area (Å²) in [5.41, 5.74) is 2.51. The van der Waals surface area contributed by atoms with Crippen LogP contribution in [-0.4, -0.2) is 35.2 Å². The first-order chi connectivity index (χ1) is 9.69. The molecular formula is C17H26N2O. The molecule has 2 aliphatic rings. The smallest absolute Gasteiger partial charge is 0.0710 e. The Labute approximate surface area is 122 Å². The summed E-state index contributed by atoms with van der Waals surface area (Å²) in [6, 6.07) is 6.30. The molecule has 3 heteroatoms. The van der Waals surface area contributed by atoms with Crippen LogP contribution in [0.3, 0.4) is 0 Å². The predicted molar refractivity (Wildman–Crippen MR) is 80.6 cm³/mol. The summed E-state index contributed by atoms with van der Waals surface area (Å²) in [6.45, 7) is 8.60. The monoisotopic (exact) mass is 274 g/mol. The molecule has 0 aromatic carbocycles. The van der Waals surface area contributed by atoms with Crippen molar-refractivity contribution in [3.63, 3.8) is 0 Å². The van der Waals surface area contributed by atoms with Gasteiger partial charge in [0.1, 0.15) is 0 Å². The average Bonchev–Trinajstić information content (AvgIpc) is 2.85. The van der Waals surface area contributed by atoms with Gasteiger partial charge in [-0.1, -0.05) is 19.4 Å². The van der Waals surface area contributed by atoms with Gasteiger partial charge in [-0.25, -0.2) is 0 Å². The molecule has 0 N–H and O–H groups in total. The van der Waals surface area contributed by atoms with Crippen molar-refractivity contribution in [2.24, 2.45) is 5.92 Å². The standard InChI is InChI=1S/C17H26N2O/c1-3-15-11-17(20-13-15)7-9-19(10-8-17)12-16-6-4-5-14(2)18-16/h4-6,15H,3,7-13H2,1-2H3. The maximum Gasteiger partial charge on any atom is 0.0710 e. The minimum atomic E-state index is 0.206. The molecule has 2 aliphatic heterocycles. The van der Waals surface area contributed by atoms with Crippen LogP contribution < -0.4 is 0 Å². The third-order valence-electron chi connectivity index (χ3n) is 4.96. The second-order valence-corrected chi connectivity index (χ2v) is 6.52. The average molecular weight is 274 g/mol. The number of aromatic nitrogens is 1. The van der Waals surface area contributed by atoms with Crippen molar-refractivity contribution in [2.75, 3.05) is 19.7 Å². The van der Waals surface area contributed by atoms with E-state index in [1.807, 2.05) is 0 Å². The van der Waals surface area contributed by atoms with E-state index in [9.17, 15) is 0 Å². The summed E-state index contributed by atoms with van der Waals surface area (Å²) < 4.78 is 6.16. The van der Waals surface area contributed by atoms with Gasteiger partial charge in [0.25, 0.3) is 0 Å². The molecule has 2 saturated heterocycles. The molecule has 3 rings (SSSR count). The third kappa shape index (κ3) is 3.04. The highest BCUT2D eigenvalue weighted by atomic mass is 16.5. The summed E-state index contributed by atoms with van der Waals surface area (Å²) in [7, 11) is 0. The van der Waals surface area contributed by atoms with Crippen molar-refractivity contribution in [3.8, 4) is 0 Å². The van der Waals surface area contributed by atoms with Crippen LogP contribution in [0.4, 0.5) is 0 Å². The van der Waals surface area contributed by atoms with Crippen LogP contribution in [0.25, 0.3) is 0 Å². The number of hydrogen-bond donors (Lipinski definition) is 0. The van der Waals surface area contributed by atoms with Gasteiger partial charge in [0.2, 0.25) is 0 Å². The fourth-order valence-electron chi connectivity index (χ4n) is 3.58. The molecule has 3 nitrogen and oxygen atoms in total. The topological polar surface area (TPSA) is 25.4 Å². The summed E-state index contributed by atoms with van der Waals surface area (Å²) in [5, 5.41) is 0. The van der Waals surface area contributed by atoms with E-state index in [-0.39, 0.29) is 5.60 Å². The van der Waals surface area contributed by atoms with Crippen molar-refractivity contribution in [1.29, 1.82) is 0 Å². The zero-order valence-corrected chi connectivity index (χ0v) is 12.8. The highest BCUT2D eigenvalue weighted by molar-refractivity contribution is 5.10. The number of aryl methyl sites for hydroxylation is 1. The molecule has 1 aromatic heterocycles. The molecule has 2 fully saturated rings. The van der Waals surface area contributed by atoms with Crippen molar-refractivity contribution >= 4 is 0 Å². The summed E-state index contributed by atoms with van der Waals surface area (Å²) >= 11 is 0. The molecule has 1 unspecified atom stereocenters. The molecule has 110 valence electrons. The third-order valence-corrected chi connectivity index (χ3v) is 4.96. The van der Waals surface area contributed by atoms with E-state index >= 15 is 0 Å². The van der Waals surface area contributed by atoms with Crippen molar-refractivity contribution < 1.29 is 4.74 Å². The highest BCUT2D eigenvalue weighted by Gasteiger charge is 2.41. The van der Waals surface area contributed by atoms with Gasteiger partial charge in [-0.05, 0) is 44.2 Å². The van der Waals surface area contributed by atoms with Gasteiger partial charge in [-0.3, -0.25) is 9.88 Å². The Morgan fingerprint density at radius 3 is 2.80 bits per heavy atom. The molecule has 1 spiro atoms. The van der Waals surface area contributed by atoms with Crippen LogP contribution in [0.15, 0.2) is 18.2 Å². The summed E-state index contributed by atoms with van der Waals surface area (Å²) in [6.07, 6.45) is 4.92. The number of rotatable bonds is 3. The van der Waals surface area contributed by atoms with Gasteiger partial charge in [-0.2, -0.15) is 0 Å². The number of piperidine rings is 1. The molecule has 0 bridgehead atoms. The lowest BCUT2D eigenvalue weighted by atomic mass is 9.84. The number of nitrogens with zero attached hydrogens (tertiary/aromatic N) is 2. The quantitative estimate of drug-likeness (QED) is 0.846. The molecule has 0 radical (unpaired) electrons. The molecule has 0 aliphatic carbocycles. The fourth-order valence-corrected chi connectivity index (χ4v) is 3.58. The van der Waals surface area contributed by atoms with E-state index in [1.165, 1.54) is 31.4 Å². The van der Waals surface area contributed by atoms with Crippen molar-refractivity contribution in [2.45, 2.75) is 51.7 Å². The Morgan fingerprint density at radius 2 is 2.15 bits per heavy atom. The SMILES string of the molecule is CCC1COC2(CCN(Cc3cccc(C)n3)CC2)C1. The first kappa shape index (κ1) is 14.0. The summed E-state index contributed by atoms with van der Waals surface area (Å²) in [4.78, 5) is 7.13. The molecule has 3 heterocycles. The van der Waals surface area contributed by atoms with Crippen molar-refractivity contribution in [3.05, 3.63) is 29.6 Å². The lowest BCUT2D eigenvalue weighted by Crippen LogP contribution is -2.43. The number of hydrogen-bond acceptors (Lipinski definition) is 3. The zero-order chi connectivity index (χ0) is 14.0. The van der Waals surface area contributed by atoms with Gasteiger partial charge in [0.15, 0.2) is 0 Å². The van der Waals surface area contributed by atoms with E-state index in [2.05, 4.69) is 41.9 Å². The Morgan fingerprint density at radius 1 is 1.35 bits per heavy atom. The molecule has 0 amide bonds. The molecule has 1 atom stereocenters. The Kier molecular flexibility index (Phi) is 4.08. The van der Waals surface area contributed by atoms with E-state index in [0.717, 1.165) is 37.9 Å². The largest absolute Gasteiger partial charge is 0.375 e. The minimum absolute atomic E-state index is 0.206. The van der Waals surface area contributed by atoms with Crippen LogP contribution in [0.2, 0.25) is 0 Å². The van der Waals surface area contributed by atoms with E-state index in [0.29, 0.717) is 0 Å². The second kappa shape index (κ2) is 5.82. The second-order valence-electron chi connectivity index (χ2n) is 6.52. The molecule has 1 aromatic rings. The van der Waals surface area contributed by atoms with Crippen LogP contribution in [0, 0.1) is 12.8 Å². The van der Waals surface area contributed by atoms with Crippen LogP contribution in [-0.2, 0) is 11.3 Å². The maximum atomic E-state index is 6.16. The first-order valence-corrected chi connectivity index (χ1v) is 7.98.